The van der Waals surface area contributed by atoms with Crippen molar-refractivity contribution >= 4 is 17.7 Å². The number of hydrogen-bond acceptors (Lipinski definition) is 6. The lowest BCUT2D eigenvalue weighted by Gasteiger charge is -2.37. The number of methoxy groups -OCH3 is 1. The van der Waals surface area contributed by atoms with E-state index in [1.807, 2.05) is 12.1 Å². The molecule has 0 aliphatic carbocycles. The Morgan fingerprint density at radius 1 is 0.846 bits per heavy atom. The number of hydrogen-bond donors (Lipinski definition) is 2. The molecule has 0 radical (unpaired) electrons. The first-order valence-corrected chi connectivity index (χ1v) is 14.1. The quantitative estimate of drug-likeness (QED) is 0.225. The van der Waals surface area contributed by atoms with Crippen molar-refractivity contribution in [3.8, 4) is 0 Å². The van der Waals surface area contributed by atoms with Gasteiger partial charge in [-0.1, -0.05) is 103 Å². The Kier molecular flexibility index (Phi) is 8.79. The van der Waals surface area contributed by atoms with Crippen LogP contribution in [-0.2, 0) is 14.2 Å². The van der Waals surface area contributed by atoms with Gasteiger partial charge in [-0.25, -0.2) is 4.79 Å². The molecule has 3 heterocycles. The van der Waals surface area contributed by atoms with Crippen LogP contribution in [-0.4, -0.2) is 37.5 Å². The summed E-state index contributed by atoms with van der Waals surface area (Å²) in [6.07, 6.45) is 0.556. The van der Waals surface area contributed by atoms with Gasteiger partial charge in [-0.15, -0.1) is 11.8 Å². The summed E-state index contributed by atoms with van der Waals surface area (Å²) >= 11 is 2.06. The van der Waals surface area contributed by atoms with E-state index in [1.54, 1.807) is 12.1 Å². The van der Waals surface area contributed by atoms with E-state index in [4.69, 9.17) is 15.2 Å². The molecular formula is C33H34N2O3S. The van der Waals surface area contributed by atoms with Crippen molar-refractivity contribution in [2.75, 3.05) is 20.2 Å². The number of ether oxygens (including phenoxy) is 2. The second-order valence-corrected chi connectivity index (χ2v) is 11.2. The van der Waals surface area contributed by atoms with Gasteiger partial charge in [-0.3, -0.25) is 0 Å². The highest BCUT2D eigenvalue weighted by Crippen LogP contribution is 2.51. The molecule has 4 aromatic rings. The monoisotopic (exact) mass is 538 g/mol. The third-order valence-electron chi connectivity index (χ3n) is 7.20. The molecule has 1 fully saturated rings. The number of thioether (sulfide) groups is 1. The van der Waals surface area contributed by atoms with Crippen LogP contribution >= 0.6 is 11.8 Å². The van der Waals surface area contributed by atoms with E-state index in [1.165, 1.54) is 23.8 Å². The molecule has 3 aliphatic rings. The predicted molar refractivity (Wildman–Crippen MR) is 158 cm³/mol. The van der Waals surface area contributed by atoms with E-state index in [0.717, 1.165) is 18.5 Å². The summed E-state index contributed by atoms with van der Waals surface area (Å²) in [7, 11) is 1.51. The standard InChI is InChI=1S/C24H26N2S.C9H8O3/c25-17-22-16-23(18-26-22)27-24(19-10-4-1-5-11-19,20-12-6-2-7-13-20)21-14-8-3-9-15-21;1-11-9-7-4-2-6(3-5-7)8(10)12-9/h1-15,22-23,26H,16-18,25H2;2-5,9H,1H3. The maximum Gasteiger partial charge on any atom is 0.340 e. The average molecular weight is 539 g/mol. The molecule has 7 rings (SSSR count). The minimum atomic E-state index is -0.551. The van der Waals surface area contributed by atoms with Crippen molar-refractivity contribution in [1.29, 1.82) is 0 Å². The van der Waals surface area contributed by atoms with Crippen molar-refractivity contribution < 1.29 is 14.3 Å². The second kappa shape index (κ2) is 12.6. The Morgan fingerprint density at radius 3 is 1.79 bits per heavy atom. The summed E-state index contributed by atoms with van der Waals surface area (Å²) in [5.41, 5.74) is 11.3. The third-order valence-corrected chi connectivity index (χ3v) is 8.95. The van der Waals surface area contributed by atoms with Gasteiger partial charge in [0, 0.05) is 37.1 Å². The Morgan fingerprint density at radius 2 is 1.36 bits per heavy atom. The number of nitrogens with two attached hydrogens (primary N) is 1. The Bertz CT molecular complexity index is 1240. The zero-order chi connectivity index (χ0) is 27.1. The average Bonchev–Trinajstić information content (AvgIpc) is 3.35. The van der Waals surface area contributed by atoms with E-state index >= 15 is 0 Å². The molecule has 0 spiro atoms. The van der Waals surface area contributed by atoms with Crippen molar-refractivity contribution in [2.24, 2.45) is 5.73 Å². The predicted octanol–water partition coefficient (Wildman–Crippen LogP) is 5.90. The van der Waals surface area contributed by atoms with E-state index < -0.39 is 6.29 Å². The summed E-state index contributed by atoms with van der Waals surface area (Å²) in [5, 5.41) is 4.10. The van der Waals surface area contributed by atoms with E-state index in [2.05, 4.69) is 108 Å². The summed E-state index contributed by atoms with van der Waals surface area (Å²) in [4.78, 5) is 11.2. The lowest BCUT2D eigenvalue weighted by molar-refractivity contribution is -0.0913. The number of esters is 1. The van der Waals surface area contributed by atoms with Crippen molar-refractivity contribution in [3.05, 3.63) is 143 Å². The highest BCUT2D eigenvalue weighted by atomic mass is 32.2. The molecule has 2 bridgehead atoms. The first kappa shape index (κ1) is 27.2. The summed E-state index contributed by atoms with van der Waals surface area (Å²) in [6.45, 7) is 1.70. The Hall–Kier alpha value is -3.42. The fourth-order valence-corrected chi connectivity index (χ4v) is 7.04. The van der Waals surface area contributed by atoms with Crippen molar-refractivity contribution in [1.82, 2.24) is 5.32 Å². The fraction of sp³-hybridized carbons (Fsp3) is 0.242. The lowest BCUT2D eigenvalue weighted by atomic mass is 9.84. The van der Waals surface area contributed by atoms with Gasteiger partial charge in [0.15, 0.2) is 0 Å². The molecule has 3 atom stereocenters. The summed E-state index contributed by atoms with van der Waals surface area (Å²) in [5.74, 6) is -0.332. The highest BCUT2D eigenvalue weighted by Gasteiger charge is 2.40. The number of benzene rings is 4. The van der Waals surface area contributed by atoms with Crippen LogP contribution in [0.1, 0.15) is 45.3 Å². The van der Waals surface area contributed by atoms with E-state index in [0.29, 0.717) is 23.4 Å². The normalized spacial score (nSPS) is 20.1. The second-order valence-electron chi connectivity index (χ2n) is 9.69. The molecule has 6 heteroatoms. The van der Waals surface area contributed by atoms with Crippen LogP contribution in [0.15, 0.2) is 115 Å². The molecule has 4 aromatic carbocycles. The van der Waals surface area contributed by atoms with Gasteiger partial charge in [0.1, 0.15) is 0 Å². The molecule has 3 unspecified atom stereocenters. The van der Waals surface area contributed by atoms with Gasteiger partial charge in [-0.05, 0) is 35.2 Å². The zero-order valence-electron chi connectivity index (χ0n) is 22.0. The van der Waals surface area contributed by atoms with Crippen molar-refractivity contribution in [2.45, 2.75) is 28.7 Å². The first-order valence-electron chi connectivity index (χ1n) is 13.3. The maximum atomic E-state index is 11.2. The van der Waals surface area contributed by atoms with Crippen LogP contribution in [0.5, 0.6) is 0 Å². The molecule has 3 N–H and O–H groups in total. The van der Waals surface area contributed by atoms with Gasteiger partial charge < -0.3 is 20.5 Å². The number of fused-ring (bicyclic) bond motifs is 4. The first-order chi connectivity index (χ1) is 19.1. The molecule has 200 valence electrons. The lowest BCUT2D eigenvalue weighted by Crippen LogP contribution is -2.29. The summed E-state index contributed by atoms with van der Waals surface area (Å²) < 4.78 is 9.73. The molecule has 1 saturated heterocycles. The van der Waals surface area contributed by atoms with Crippen LogP contribution in [0, 0.1) is 0 Å². The largest absolute Gasteiger partial charge is 0.428 e. The minimum absolute atomic E-state index is 0.236. The van der Waals surface area contributed by atoms with Crippen LogP contribution < -0.4 is 11.1 Å². The maximum absolute atomic E-state index is 11.2. The highest BCUT2D eigenvalue weighted by molar-refractivity contribution is 8.01. The smallest absolute Gasteiger partial charge is 0.340 e. The Labute approximate surface area is 234 Å². The van der Waals surface area contributed by atoms with Gasteiger partial charge in [-0.2, -0.15) is 0 Å². The van der Waals surface area contributed by atoms with E-state index in [-0.39, 0.29) is 10.7 Å². The molecule has 0 aromatic heterocycles. The minimum Gasteiger partial charge on any atom is -0.428 e. The van der Waals surface area contributed by atoms with Crippen LogP contribution in [0.4, 0.5) is 0 Å². The summed E-state index contributed by atoms with van der Waals surface area (Å²) in [6, 6.07) is 40.2. The number of carbonyl (C=O) groups is 1. The molecule has 5 nitrogen and oxygen atoms in total. The topological polar surface area (TPSA) is 73.6 Å². The number of carbonyl (C=O) groups excluding carboxylic acids is 1. The molecule has 0 saturated carbocycles. The third kappa shape index (κ3) is 5.94. The fourth-order valence-electron chi connectivity index (χ4n) is 5.22. The van der Waals surface area contributed by atoms with Gasteiger partial charge in [0.2, 0.25) is 6.29 Å². The molecular weight excluding hydrogens is 504 g/mol. The van der Waals surface area contributed by atoms with Crippen LogP contribution in [0.25, 0.3) is 0 Å². The Balaban J connectivity index is 0.000000214. The van der Waals surface area contributed by atoms with Gasteiger partial charge >= 0.3 is 5.97 Å². The van der Waals surface area contributed by atoms with Crippen LogP contribution in [0.3, 0.4) is 0 Å². The SMILES string of the molecule is COC1OC(=O)c2ccc1cc2.NCC1CC(SC(c2ccccc2)(c2ccccc2)c2ccccc2)CN1. The zero-order valence-corrected chi connectivity index (χ0v) is 22.8. The van der Waals surface area contributed by atoms with Crippen molar-refractivity contribution in [3.63, 3.8) is 0 Å². The molecule has 0 amide bonds. The number of rotatable bonds is 7. The van der Waals surface area contributed by atoms with Crippen LogP contribution in [0.2, 0.25) is 0 Å². The van der Waals surface area contributed by atoms with Gasteiger partial charge in [0.05, 0.1) is 10.3 Å². The van der Waals surface area contributed by atoms with Gasteiger partial charge in [0.25, 0.3) is 0 Å². The molecule has 3 aliphatic heterocycles. The molecule has 39 heavy (non-hydrogen) atoms. The number of nitrogens with one attached hydrogen (secondary N) is 1. The van der Waals surface area contributed by atoms with E-state index in [9.17, 15) is 4.79 Å².